The fraction of sp³-hybridized carbons (Fsp3) is 0.294. The second-order valence-electron chi connectivity index (χ2n) is 11.7. The monoisotopic (exact) mass is 601 g/mol. The van der Waals surface area contributed by atoms with Gasteiger partial charge < -0.3 is 10.2 Å². The summed E-state index contributed by atoms with van der Waals surface area (Å²) >= 11 is 0. The zero-order valence-electron chi connectivity index (χ0n) is 24.5. The van der Waals surface area contributed by atoms with Crippen LogP contribution in [-0.4, -0.2) is 57.3 Å². The number of imide groups is 1. The third kappa shape index (κ3) is 6.05. The summed E-state index contributed by atoms with van der Waals surface area (Å²) in [6, 6.07) is 20.5. The zero-order valence-corrected chi connectivity index (χ0v) is 24.5. The topological polar surface area (TPSA) is 134 Å². The van der Waals surface area contributed by atoms with Crippen molar-refractivity contribution in [2.24, 2.45) is 5.92 Å². The smallest absolute Gasteiger partial charge is 0.269 e. The maximum atomic E-state index is 12.3. The van der Waals surface area contributed by atoms with Gasteiger partial charge in [-0.2, -0.15) is 4.98 Å². The van der Waals surface area contributed by atoms with Crippen LogP contribution in [0, 0.1) is 27.9 Å². The number of nitro benzene ring substituents is 1. The Hall–Kier alpha value is -5.34. The minimum Gasteiger partial charge on any atom is -0.369 e. The number of amides is 2. The summed E-state index contributed by atoms with van der Waals surface area (Å²) in [5, 5.41) is 17.8. The largest absolute Gasteiger partial charge is 0.369 e. The quantitative estimate of drug-likeness (QED) is 0.140. The van der Waals surface area contributed by atoms with Crippen LogP contribution in [-0.2, 0) is 29.1 Å². The highest BCUT2D eigenvalue weighted by molar-refractivity contribution is 6.00. The molecule has 3 aromatic carbocycles. The van der Waals surface area contributed by atoms with E-state index in [1.807, 2.05) is 30.3 Å². The molecule has 7 rings (SSSR count). The van der Waals surface area contributed by atoms with E-state index in [1.165, 1.54) is 23.3 Å². The van der Waals surface area contributed by atoms with Crippen LogP contribution in [0.5, 0.6) is 0 Å². The van der Waals surface area contributed by atoms with Gasteiger partial charge in [0.25, 0.3) is 5.69 Å². The van der Waals surface area contributed by atoms with E-state index in [4.69, 9.17) is 9.97 Å². The van der Waals surface area contributed by atoms with Gasteiger partial charge in [0.2, 0.25) is 17.8 Å². The molecule has 0 bridgehead atoms. The third-order valence-electron chi connectivity index (χ3n) is 8.63. The Balaban J connectivity index is 0.975. The molecule has 2 amide bonds. The van der Waals surface area contributed by atoms with Crippen LogP contribution >= 0.6 is 0 Å². The van der Waals surface area contributed by atoms with Gasteiger partial charge in [0.15, 0.2) is 0 Å². The number of anilines is 2. The molecule has 2 saturated heterocycles. The minimum absolute atomic E-state index is 0.0846. The number of fused-ring (bicyclic) bond motifs is 2. The third-order valence-corrected chi connectivity index (χ3v) is 8.63. The van der Waals surface area contributed by atoms with Crippen molar-refractivity contribution in [2.75, 3.05) is 29.9 Å². The molecule has 1 atom stereocenters. The minimum atomic E-state index is -0.393. The predicted octanol–water partition coefficient (Wildman–Crippen LogP) is 3.80. The van der Waals surface area contributed by atoms with Gasteiger partial charge in [-0.3, -0.25) is 29.9 Å². The predicted molar refractivity (Wildman–Crippen MR) is 169 cm³/mol. The van der Waals surface area contributed by atoms with Gasteiger partial charge in [0.1, 0.15) is 5.82 Å². The van der Waals surface area contributed by atoms with E-state index >= 15 is 0 Å². The molecule has 1 aromatic heterocycles. The number of nitrogens with zero attached hydrogens (tertiary/aromatic N) is 5. The SMILES string of the molecule is O=C1CCC(N2Cc3ccc(C#CC4CN(c5nc(NCCc6ccc([N+](=O)[O-])cc6)c6ccccc6n5)C4)cc3C2)C(=O)N1. The van der Waals surface area contributed by atoms with Gasteiger partial charge in [-0.1, -0.05) is 42.2 Å². The van der Waals surface area contributed by atoms with Crippen LogP contribution in [0.3, 0.4) is 0 Å². The second kappa shape index (κ2) is 12.0. The Morgan fingerprint density at radius 2 is 1.80 bits per heavy atom. The molecule has 4 aromatic rings. The lowest BCUT2D eigenvalue weighted by molar-refractivity contribution is -0.384. The molecule has 2 fully saturated rings. The highest BCUT2D eigenvalue weighted by Gasteiger charge is 2.34. The van der Waals surface area contributed by atoms with Crippen LogP contribution in [0.2, 0.25) is 0 Å². The van der Waals surface area contributed by atoms with Crippen molar-refractivity contribution in [3.63, 3.8) is 0 Å². The first-order valence-corrected chi connectivity index (χ1v) is 15.1. The van der Waals surface area contributed by atoms with Crippen molar-refractivity contribution in [1.29, 1.82) is 0 Å². The van der Waals surface area contributed by atoms with E-state index in [1.54, 1.807) is 12.1 Å². The summed E-state index contributed by atoms with van der Waals surface area (Å²) in [6.07, 6.45) is 1.64. The number of nitrogens with one attached hydrogen (secondary N) is 2. The van der Waals surface area contributed by atoms with E-state index < -0.39 is 4.92 Å². The van der Waals surface area contributed by atoms with Crippen molar-refractivity contribution in [3.8, 4) is 11.8 Å². The number of hydrogen-bond acceptors (Lipinski definition) is 9. The molecule has 3 aliphatic rings. The molecule has 226 valence electrons. The summed E-state index contributed by atoms with van der Waals surface area (Å²) in [5.41, 5.74) is 5.29. The maximum absolute atomic E-state index is 12.3. The Morgan fingerprint density at radius 3 is 2.60 bits per heavy atom. The second-order valence-corrected chi connectivity index (χ2v) is 11.7. The molecule has 1 unspecified atom stereocenters. The molecular weight excluding hydrogens is 570 g/mol. The highest BCUT2D eigenvalue weighted by atomic mass is 16.6. The zero-order chi connectivity index (χ0) is 30.9. The number of rotatable bonds is 7. The van der Waals surface area contributed by atoms with Crippen molar-refractivity contribution in [1.82, 2.24) is 20.2 Å². The first-order chi connectivity index (χ1) is 21.9. The summed E-state index contributed by atoms with van der Waals surface area (Å²) < 4.78 is 0. The molecule has 45 heavy (non-hydrogen) atoms. The number of hydrogen-bond donors (Lipinski definition) is 2. The lowest BCUT2D eigenvalue weighted by Crippen LogP contribution is -2.50. The van der Waals surface area contributed by atoms with Gasteiger partial charge in [-0.25, -0.2) is 4.98 Å². The fourth-order valence-corrected chi connectivity index (χ4v) is 6.12. The van der Waals surface area contributed by atoms with Crippen molar-refractivity contribution in [2.45, 2.75) is 38.4 Å². The van der Waals surface area contributed by atoms with E-state index in [2.05, 4.69) is 44.4 Å². The average molecular weight is 602 g/mol. The fourth-order valence-electron chi connectivity index (χ4n) is 6.12. The Morgan fingerprint density at radius 1 is 1.00 bits per heavy atom. The normalized spacial score (nSPS) is 18.1. The van der Waals surface area contributed by atoms with Crippen LogP contribution in [0.15, 0.2) is 66.7 Å². The van der Waals surface area contributed by atoms with Crippen LogP contribution in [0.25, 0.3) is 10.9 Å². The molecule has 3 aliphatic heterocycles. The van der Waals surface area contributed by atoms with Crippen molar-refractivity contribution >= 4 is 40.2 Å². The van der Waals surface area contributed by atoms with Gasteiger partial charge in [0, 0.05) is 62.2 Å². The Kier molecular flexibility index (Phi) is 7.57. The number of carbonyl (C=O) groups excluding carboxylic acids is 2. The molecule has 2 N–H and O–H groups in total. The van der Waals surface area contributed by atoms with Crippen LogP contribution in [0.1, 0.15) is 35.1 Å². The molecular formula is C34H31N7O4. The number of piperidine rings is 1. The van der Waals surface area contributed by atoms with E-state index in [0.717, 1.165) is 40.9 Å². The molecule has 11 heteroatoms. The molecule has 0 radical (unpaired) electrons. The molecule has 0 aliphatic carbocycles. The molecule has 0 spiro atoms. The summed E-state index contributed by atoms with van der Waals surface area (Å²) in [4.78, 5) is 48.3. The van der Waals surface area contributed by atoms with Gasteiger partial charge in [0.05, 0.1) is 22.4 Å². The summed E-state index contributed by atoms with van der Waals surface area (Å²) in [7, 11) is 0. The standard InChI is InChI=1S/C34H31N7O4/c42-31-14-13-30(33(43)37-31)39-20-25-10-7-23(17-26(25)21-39)5-6-24-18-40(19-24)34-36-29-4-2-1-3-28(29)32(38-34)35-16-15-22-8-11-27(12-9-22)41(44)45/h1-4,7-12,17,24,30H,13-16,18-21H2,(H,35,36,38)(H,37,42,43). The average Bonchev–Trinajstić information content (AvgIpc) is 3.43. The van der Waals surface area contributed by atoms with E-state index in [9.17, 15) is 19.7 Å². The van der Waals surface area contributed by atoms with Crippen molar-refractivity contribution in [3.05, 3.63) is 99.1 Å². The van der Waals surface area contributed by atoms with Gasteiger partial charge >= 0.3 is 0 Å². The number of benzene rings is 3. The number of carbonyl (C=O) groups is 2. The molecule has 0 saturated carbocycles. The number of nitro groups is 1. The molecule has 11 nitrogen and oxygen atoms in total. The summed E-state index contributed by atoms with van der Waals surface area (Å²) in [6.45, 7) is 3.48. The Labute approximate surface area is 259 Å². The number of para-hydroxylation sites is 1. The first kappa shape index (κ1) is 28.4. The van der Waals surface area contributed by atoms with E-state index in [-0.39, 0.29) is 29.5 Å². The van der Waals surface area contributed by atoms with Crippen LogP contribution in [0.4, 0.5) is 17.5 Å². The Bertz CT molecular complexity index is 1880. The number of aromatic nitrogens is 2. The molecule has 4 heterocycles. The summed E-state index contributed by atoms with van der Waals surface area (Å²) in [5.74, 6) is 7.98. The van der Waals surface area contributed by atoms with Gasteiger partial charge in [-0.05, 0) is 53.8 Å². The highest BCUT2D eigenvalue weighted by Crippen LogP contribution is 2.29. The van der Waals surface area contributed by atoms with Crippen molar-refractivity contribution < 1.29 is 14.5 Å². The van der Waals surface area contributed by atoms with Gasteiger partial charge in [-0.15, -0.1) is 0 Å². The van der Waals surface area contributed by atoms with E-state index in [0.29, 0.717) is 44.8 Å². The lowest BCUT2D eigenvalue weighted by atomic mass is 10.00. The first-order valence-electron chi connectivity index (χ1n) is 15.1. The maximum Gasteiger partial charge on any atom is 0.269 e. The lowest BCUT2D eigenvalue weighted by Gasteiger charge is -2.36. The van der Waals surface area contributed by atoms with Crippen LogP contribution < -0.4 is 15.5 Å². The number of non-ortho nitro benzene ring substituents is 1.